The number of carbonyl (C=O) groups is 1. The van der Waals surface area contributed by atoms with Gasteiger partial charge in [0.15, 0.2) is 11.5 Å². The minimum Gasteiger partial charge on any atom is -0.493 e. The van der Waals surface area contributed by atoms with E-state index in [2.05, 4.69) is 0 Å². The van der Waals surface area contributed by atoms with Crippen LogP contribution in [0, 0.1) is 5.82 Å². The van der Waals surface area contributed by atoms with Crippen LogP contribution in [0.3, 0.4) is 0 Å². The molecular formula is C22H22FNO4. The molecule has 5 nitrogen and oxygen atoms in total. The third-order valence-electron chi connectivity index (χ3n) is 4.80. The quantitative estimate of drug-likeness (QED) is 0.817. The summed E-state index contributed by atoms with van der Waals surface area (Å²) in [7, 11) is 4.65. The molecule has 0 atom stereocenters. The number of ether oxygens (including phenoxy) is 3. The second-order valence-electron chi connectivity index (χ2n) is 6.45. The highest BCUT2D eigenvalue weighted by Gasteiger charge is 2.25. The summed E-state index contributed by atoms with van der Waals surface area (Å²) < 4.78 is 30.0. The predicted octanol–water partition coefficient (Wildman–Crippen LogP) is 4.05. The molecule has 0 saturated carbocycles. The standard InChI is InChI=1S/C22H22FNO4/c1-12-16(7-13-8-19(26-2)22(28-4)20(9-13)27-3)15-6-5-14(23)10-18(15)17(12)11-21(24)25/h5-10H,11H2,1-4H3,(H2,24,25)/b16-7-. The summed E-state index contributed by atoms with van der Waals surface area (Å²) >= 11 is 0. The number of allylic oxidation sites excluding steroid dienone is 2. The lowest BCUT2D eigenvalue weighted by atomic mass is 10.00. The number of nitrogens with two attached hydrogens (primary N) is 1. The average molecular weight is 383 g/mol. The molecular weight excluding hydrogens is 361 g/mol. The van der Waals surface area contributed by atoms with Gasteiger partial charge in [0.25, 0.3) is 0 Å². The summed E-state index contributed by atoms with van der Waals surface area (Å²) in [5, 5.41) is 0. The molecule has 146 valence electrons. The molecule has 3 rings (SSSR count). The van der Waals surface area contributed by atoms with Gasteiger partial charge in [0.1, 0.15) is 5.82 Å². The highest BCUT2D eigenvalue weighted by Crippen LogP contribution is 2.45. The Morgan fingerprint density at radius 3 is 2.21 bits per heavy atom. The van der Waals surface area contributed by atoms with Crippen LogP contribution in [-0.2, 0) is 4.79 Å². The van der Waals surface area contributed by atoms with E-state index in [1.807, 2.05) is 25.1 Å². The number of benzene rings is 2. The van der Waals surface area contributed by atoms with E-state index in [1.165, 1.54) is 12.1 Å². The Morgan fingerprint density at radius 1 is 1.04 bits per heavy atom. The summed E-state index contributed by atoms with van der Waals surface area (Å²) in [6.07, 6.45) is 2.00. The van der Waals surface area contributed by atoms with Crippen molar-refractivity contribution in [2.24, 2.45) is 5.73 Å². The molecule has 0 bridgehead atoms. The molecule has 0 fully saturated rings. The summed E-state index contributed by atoms with van der Waals surface area (Å²) in [5.41, 5.74) is 10.3. The second-order valence-corrected chi connectivity index (χ2v) is 6.45. The van der Waals surface area contributed by atoms with Gasteiger partial charge in [0, 0.05) is 0 Å². The zero-order valence-electron chi connectivity index (χ0n) is 16.3. The van der Waals surface area contributed by atoms with E-state index in [9.17, 15) is 9.18 Å². The number of methoxy groups -OCH3 is 3. The van der Waals surface area contributed by atoms with Crippen molar-refractivity contribution in [1.29, 1.82) is 0 Å². The molecule has 0 saturated heterocycles. The fourth-order valence-electron chi connectivity index (χ4n) is 3.51. The number of carbonyl (C=O) groups excluding carboxylic acids is 1. The Kier molecular flexibility index (Phi) is 5.40. The summed E-state index contributed by atoms with van der Waals surface area (Å²) in [4.78, 5) is 11.5. The zero-order chi connectivity index (χ0) is 20.4. The monoisotopic (exact) mass is 383 g/mol. The molecule has 2 N–H and O–H groups in total. The fraction of sp³-hybridized carbons (Fsp3) is 0.227. The fourth-order valence-corrected chi connectivity index (χ4v) is 3.51. The SMILES string of the molecule is COc1cc(/C=C2/C(C)=C(CC(N)=O)c3cc(F)ccc32)cc(OC)c1OC. The van der Waals surface area contributed by atoms with Crippen LogP contribution in [0.25, 0.3) is 17.2 Å². The number of amides is 1. The first-order valence-corrected chi connectivity index (χ1v) is 8.70. The number of fused-ring (bicyclic) bond motifs is 1. The topological polar surface area (TPSA) is 70.8 Å². The summed E-state index contributed by atoms with van der Waals surface area (Å²) in [6.45, 7) is 1.90. The van der Waals surface area contributed by atoms with Crippen LogP contribution in [0.1, 0.15) is 30.0 Å². The minimum absolute atomic E-state index is 0.0505. The lowest BCUT2D eigenvalue weighted by Gasteiger charge is -2.13. The van der Waals surface area contributed by atoms with Gasteiger partial charge < -0.3 is 19.9 Å². The zero-order valence-corrected chi connectivity index (χ0v) is 16.3. The first-order chi connectivity index (χ1) is 13.4. The van der Waals surface area contributed by atoms with E-state index in [1.54, 1.807) is 27.4 Å². The van der Waals surface area contributed by atoms with Crippen molar-refractivity contribution in [3.63, 3.8) is 0 Å². The Labute approximate surface area is 163 Å². The highest BCUT2D eigenvalue weighted by molar-refractivity contribution is 6.08. The van der Waals surface area contributed by atoms with Crippen LogP contribution in [0.15, 0.2) is 35.9 Å². The van der Waals surface area contributed by atoms with Gasteiger partial charge in [0.2, 0.25) is 11.7 Å². The van der Waals surface area contributed by atoms with Crippen molar-refractivity contribution in [2.45, 2.75) is 13.3 Å². The molecule has 0 aromatic heterocycles. The maximum atomic E-state index is 13.8. The van der Waals surface area contributed by atoms with Crippen LogP contribution >= 0.6 is 0 Å². The van der Waals surface area contributed by atoms with E-state index >= 15 is 0 Å². The van der Waals surface area contributed by atoms with E-state index < -0.39 is 5.91 Å². The van der Waals surface area contributed by atoms with Crippen LogP contribution < -0.4 is 19.9 Å². The molecule has 6 heteroatoms. The minimum atomic E-state index is -0.460. The summed E-state index contributed by atoms with van der Waals surface area (Å²) in [6, 6.07) is 8.22. The summed E-state index contributed by atoms with van der Waals surface area (Å²) in [5.74, 6) is 0.749. The average Bonchev–Trinajstić information content (AvgIpc) is 2.91. The van der Waals surface area contributed by atoms with Crippen molar-refractivity contribution < 1.29 is 23.4 Å². The van der Waals surface area contributed by atoms with E-state index in [0.717, 1.165) is 27.8 Å². The molecule has 1 amide bonds. The van der Waals surface area contributed by atoms with Gasteiger partial charge in [-0.3, -0.25) is 4.79 Å². The second kappa shape index (κ2) is 7.76. The molecule has 1 aliphatic carbocycles. The number of halogens is 1. The van der Waals surface area contributed by atoms with Crippen molar-refractivity contribution in [2.75, 3.05) is 21.3 Å². The van der Waals surface area contributed by atoms with Gasteiger partial charge in [-0.15, -0.1) is 0 Å². The number of primary amides is 1. The molecule has 2 aromatic carbocycles. The number of hydrogen-bond acceptors (Lipinski definition) is 4. The van der Waals surface area contributed by atoms with Crippen LogP contribution in [0.4, 0.5) is 4.39 Å². The maximum Gasteiger partial charge on any atom is 0.221 e. The van der Waals surface area contributed by atoms with Gasteiger partial charge in [-0.2, -0.15) is 0 Å². The third kappa shape index (κ3) is 3.45. The molecule has 0 radical (unpaired) electrons. The third-order valence-corrected chi connectivity index (χ3v) is 4.80. The first kappa shape index (κ1) is 19.5. The molecule has 0 spiro atoms. The largest absolute Gasteiger partial charge is 0.493 e. The van der Waals surface area contributed by atoms with Crippen molar-refractivity contribution in [1.82, 2.24) is 0 Å². The lowest BCUT2D eigenvalue weighted by Crippen LogP contribution is -2.10. The van der Waals surface area contributed by atoms with Gasteiger partial charge in [0.05, 0.1) is 27.8 Å². The van der Waals surface area contributed by atoms with E-state index in [0.29, 0.717) is 22.8 Å². The maximum absolute atomic E-state index is 13.8. The Morgan fingerprint density at radius 2 is 1.68 bits per heavy atom. The van der Waals surface area contributed by atoms with Crippen molar-refractivity contribution >= 4 is 23.1 Å². The smallest absolute Gasteiger partial charge is 0.221 e. The van der Waals surface area contributed by atoms with Crippen molar-refractivity contribution in [3.8, 4) is 17.2 Å². The molecule has 0 aliphatic heterocycles. The number of rotatable bonds is 6. The van der Waals surface area contributed by atoms with E-state index in [4.69, 9.17) is 19.9 Å². The van der Waals surface area contributed by atoms with Gasteiger partial charge in [-0.1, -0.05) is 6.07 Å². The Hall–Kier alpha value is -3.28. The lowest BCUT2D eigenvalue weighted by molar-refractivity contribution is -0.117. The molecule has 0 heterocycles. The predicted molar refractivity (Wildman–Crippen MR) is 107 cm³/mol. The van der Waals surface area contributed by atoms with Gasteiger partial charge >= 0.3 is 0 Å². The first-order valence-electron chi connectivity index (χ1n) is 8.70. The van der Waals surface area contributed by atoms with E-state index in [-0.39, 0.29) is 12.2 Å². The van der Waals surface area contributed by atoms with Gasteiger partial charge in [-0.25, -0.2) is 4.39 Å². The Bertz CT molecular complexity index is 983. The highest BCUT2D eigenvalue weighted by atomic mass is 19.1. The molecule has 0 unspecified atom stereocenters. The molecule has 2 aromatic rings. The normalized spacial score (nSPS) is 14.2. The van der Waals surface area contributed by atoms with Gasteiger partial charge in [-0.05, 0) is 70.7 Å². The Balaban J connectivity index is 2.19. The molecule has 28 heavy (non-hydrogen) atoms. The van der Waals surface area contributed by atoms with Crippen LogP contribution in [-0.4, -0.2) is 27.2 Å². The molecule has 1 aliphatic rings. The van der Waals surface area contributed by atoms with Crippen LogP contribution in [0.5, 0.6) is 17.2 Å². The number of hydrogen-bond donors (Lipinski definition) is 1. The van der Waals surface area contributed by atoms with Crippen LogP contribution in [0.2, 0.25) is 0 Å². The van der Waals surface area contributed by atoms with Crippen molar-refractivity contribution in [3.05, 3.63) is 58.4 Å².